The molecular formula is C23H19N7O2S2. The first kappa shape index (κ1) is 22.0. The summed E-state index contributed by atoms with van der Waals surface area (Å²) in [6.45, 7) is 1.87. The number of carbonyl (C=O) groups is 1. The molecule has 5 rings (SSSR count). The van der Waals surface area contributed by atoms with Gasteiger partial charge in [0.2, 0.25) is 5.13 Å². The second kappa shape index (κ2) is 8.84. The molecule has 0 unspecified atom stereocenters. The smallest absolute Gasteiger partial charge is 0.267 e. The molecule has 0 saturated carbocycles. The lowest BCUT2D eigenvalue weighted by atomic mass is 10.2. The van der Waals surface area contributed by atoms with Crippen LogP contribution in [0.4, 0.5) is 5.13 Å². The van der Waals surface area contributed by atoms with E-state index in [4.69, 9.17) is 5.41 Å². The predicted molar refractivity (Wildman–Crippen MR) is 132 cm³/mol. The van der Waals surface area contributed by atoms with Crippen molar-refractivity contribution in [2.75, 3.05) is 5.32 Å². The van der Waals surface area contributed by atoms with Gasteiger partial charge in [0, 0.05) is 19.0 Å². The number of pyridine rings is 2. The van der Waals surface area contributed by atoms with E-state index in [1.54, 1.807) is 19.3 Å². The molecule has 4 heterocycles. The molecule has 2 N–H and O–H groups in total. The third kappa shape index (κ3) is 3.99. The Morgan fingerprint density at radius 1 is 1.15 bits per heavy atom. The number of amides is 1. The fourth-order valence-corrected chi connectivity index (χ4v) is 5.26. The summed E-state index contributed by atoms with van der Waals surface area (Å²) < 4.78 is 3.61. The minimum absolute atomic E-state index is 0.0511. The van der Waals surface area contributed by atoms with Gasteiger partial charge in [0.1, 0.15) is 16.8 Å². The van der Waals surface area contributed by atoms with Crippen molar-refractivity contribution in [3.63, 3.8) is 0 Å². The van der Waals surface area contributed by atoms with E-state index >= 15 is 0 Å². The minimum Gasteiger partial charge on any atom is -0.313 e. The SMILES string of the molecule is Cc1cccn2c(=O)c3cc(C(=O)Nc4nnc(SCc5ccccc5)s4)c(=N)n(C)c3nc12. The number of carbonyl (C=O) groups excluding carboxylic acids is 1. The van der Waals surface area contributed by atoms with E-state index in [9.17, 15) is 9.59 Å². The molecule has 9 nitrogen and oxygen atoms in total. The highest BCUT2D eigenvalue weighted by molar-refractivity contribution is 8.00. The Balaban J connectivity index is 1.45. The van der Waals surface area contributed by atoms with Gasteiger partial charge in [-0.1, -0.05) is 59.5 Å². The van der Waals surface area contributed by atoms with E-state index in [-0.39, 0.29) is 22.0 Å². The van der Waals surface area contributed by atoms with Crippen LogP contribution in [0.5, 0.6) is 0 Å². The summed E-state index contributed by atoms with van der Waals surface area (Å²) in [4.78, 5) is 30.7. The van der Waals surface area contributed by atoms with Crippen LogP contribution in [0.25, 0.3) is 16.7 Å². The standard InChI is InChI=1S/C23H19N7O2S2/c1-13-7-6-10-30-18(13)25-19-16(21(30)32)11-15(17(24)29(19)2)20(31)26-22-27-28-23(34-22)33-12-14-8-4-3-5-9-14/h3-11,24H,12H2,1-2H3,(H,26,27,31). The van der Waals surface area contributed by atoms with Gasteiger partial charge in [-0.15, -0.1) is 10.2 Å². The average Bonchev–Trinajstić information content (AvgIpc) is 3.29. The number of aryl methyl sites for hydroxylation is 2. The molecule has 0 atom stereocenters. The molecule has 0 spiro atoms. The number of hydrogen-bond donors (Lipinski definition) is 2. The fraction of sp³-hybridized carbons (Fsp3) is 0.130. The van der Waals surface area contributed by atoms with Crippen molar-refractivity contribution in [1.82, 2.24) is 24.1 Å². The second-order valence-electron chi connectivity index (χ2n) is 7.61. The van der Waals surface area contributed by atoms with Crippen LogP contribution in [-0.2, 0) is 12.8 Å². The quantitative estimate of drug-likeness (QED) is 0.222. The first-order chi connectivity index (χ1) is 16.4. The van der Waals surface area contributed by atoms with Crippen LogP contribution in [0.1, 0.15) is 21.5 Å². The number of hydrogen-bond acceptors (Lipinski definition) is 8. The molecule has 0 aliphatic carbocycles. The number of anilines is 1. The Bertz CT molecular complexity index is 1670. The molecule has 34 heavy (non-hydrogen) atoms. The second-order valence-corrected chi connectivity index (χ2v) is 9.81. The number of thioether (sulfide) groups is 1. The van der Waals surface area contributed by atoms with Crippen LogP contribution >= 0.6 is 23.1 Å². The molecule has 1 amide bonds. The number of nitrogens with one attached hydrogen (secondary N) is 2. The van der Waals surface area contributed by atoms with Crippen molar-refractivity contribution in [1.29, 1.82) is 5.41 Å². The van der Waals surface area contributed by atoms with Crippen molar-refractivity contribution in [2.45, 2.75) is 17.0 Å². The van der Waals surface area contributed by atoms with Gasteiger partial charge in [-0.2, -0.15) is 0 Å². The molecule has 0 aliphatic rings. The van der Waals surface area contributed by atoms with Gasteiger partial charge < -0.3 is 4.57 Å². The zero-order valence-electron chi connectivity index (χ0n) is 18.3. The van der Waals surface area contributed by atoms with Gasteiger partial charge >= 0.3 is 0 Å². The van der Waals surface area contributed by atoms with Crippen molar-refractivity contribution in [3.05, 3.63) is 87.3 Å². The van der Waals surface area contributed by atoms with Crippen LogP contribution in [0.15, 0.2) is 63.9 Å². The maximum absolute atomic E-state index is 13.1. The fourth-order valence-electron chi connectivity index (χ4n) is 3.56. The monoisotopic (exact) mass is 489 g/mol. The van der Waals surface area contributed by atoms with Crippen LogP contribution in [0.2, 0.25) is 0 Å². The van der Waals surface area contributed by atoms with Crippen molar-refractivity contribution >= 4 is 50.8 Å². The lowest BCUT2D eigenvalue weighted by Gasteiger charge is -2.11. The summed E-state index contributed by atoms with van der Waals surface area (Å²) in [6.07, 6.45) is 1.64. The topological polar surface area (TPSA) is 118 Å². The maximum atomic E-state index is 13.1. The van der Waals surface area contributed by atoms with Gasteiger partial charge in [0.15, 0.2) is 4.34 Å². The van der Waals surface area contributed by atoms with Crippen LogP contribution in [0.3, 0.4) is 0 Å². The lowest BCUT2D eigenvalue weighted by Crippen LogP contribution is -2.30. The Morgan fingerprint density at radius 3 is 2.74 bits per heavy atom. The van der Waals surface area contributed by atoms with E-state index in [2.05, 4.69) is 20.5 Å². The Morgan fingerprint density at radius 2 is 1.94 bits per heavy atom. The molecule has 4 aromatic heterocycles. The summed E-state index contributed by atoms with van der Waals surface area (Å²) in [5.41, 5.74) is 2.56. The highest BCUT2D eigenvalue weighted by Crippen LogP contribution is 2.28. The first-order valence-corrected chi connectivity index (χ1v) is 12.1. The van der Waals surface area contributed by atoms with E-state index in [0.29, 0.717) is 16.4 Å². The zero-order valence-corrected chi connectivity index (χ0v) is 19.9. The number of nitrogens with zero attached hydrogens (tertiary/aromatic N) is 5. The molecule has 1 aromatic carbocycles. The Hall–Kier alpha value is -3.83. The molecule has 0 radical (unpaired) electrons. The summed E-state index contributed by atoms with van der Waals surface area (Å²) in [7, 11) is 1.62. The van der Waals surface area contributed by atoms with Crippen molar-refractivity contribution in [2.24, 2.45) is 7.05 Å². The number of benzene rings is 1. The summed E-state index contributed by atoms with van der Waals surface area (Å²) in [5, 5.41) is 19.9. The lowest BCUT2D eigenvalue weighted by molar-refractivity contribution is 0.102. The highest BCUT2D eigenvalue weighted by atomic mass is 32.2. The van der Waals surface area contributed by atoms with Gasteiger partial charge in [-0.05, 0) is 30.2 Å². The molecule has 11 heteroatoms. The number of rotatable bonds is 5. The molecule has 5 aromatic rings. The summed E-state index contributed by atoms with van der Waals surface area (Å²) >= 11 is 2.79. The third-order valence-electron chi connectivity index (χ3n) is 5.34. The molecule has 0 bridgehead atoms. The molecular weight excluding hydrogens is 470 g/mol. The summed E-state index contributed by atoms with van der Waals surface area (Å²) in [5.74, 6) is 0.206. The van der Waals surface area contributed by atoms with Crippen molar-refractivity contribution in [3.8, 4) is 0 Å². The minimum atomic E-state index is -0.535. The average molecular weight is 490 g/mol. The number of fused-ring (bicyclic) bond motifs is 2. The van der Waals surface area contributed by atoms with E-state index in [1.807, 2.05) is 43.3 Å². The van der Waals surface area contributed by atoms with Gasteiger partial charge in [0.25, 0.3) is 11.5 Å². The normalized spacial score (nSPS) is 11.2. The molecule has 0 fully saturated rings. The molecule has 0 aliphatic heterocycles. The van der Waals surface area contributed by atoms with E-state index < -0.39 is 5.91 Å². The van der Waals surface area contributed by atoms with Crippen LogP contribution in [0, 0.1) is 12.3 Å². The van der Waals surface area contributed by atoms with Gasteiger partial charge in [-0.25, -0.2) is 4.98 Å². The predicted octanol–water partition coefficient (Wildman–Crippen LogP) is 3.37. The zero-order chi connectivity index (χ0) is 23.8. The number of aromatic nitrogens is 5. The summed E-state index contributed by atoms with van der Waals surface area (Å²) in [6, 6.07) is 15.1. The third-order valence-corrected chi connectivity index (χ3v) is 7.38. The maximum Gasteiger partial charge on any atom is 0.267 e. The van der Waals surface area contributed by atoms with Gasteiger partial charge in [-0.3, -0.25) is 24.7 Å². The van der Waals surface area contributed by atoms with Crippen molar-refractivity contribution < 1.29 is 4.79 Å². The van der Waals surface area contributed by atoms with E-state index in [0.717, 1.165) is 15.7 Å². The van der Waals surface area contributed by atoms with Crippen LogP contribution < -0.4 is 16.4 Å². The Kier molecular flexibility index (Phi) is 5.72. The first-order valence-electron chi connectivity index (χ1n) is 10.3. The van der Waals surface area contributed by atoms with Crippen LogP contribution in [-0.4, -0.2) is 30.1 Å². The molecule has 170 valence electrons. The highest BCUT2D eigenvalue weighted by Gasteiger charge is 2.18. The van der Waals surface area contributed by atoms with Gasteiger partial charge in [0.05, 0.1) is 10.9 Å². The van der Waals surface area contributed by atoms with E-state index in [1.165, 1.54) is 43.7 Å². The molecule has 0 saturated heterocycles. The Labute approximate surface area is 201 Å². The largest absolute Gasteiger partial charge is 0.313 e.